The van der Waals surface area contributed by atoms with E-state index >= 15 is 0 Å². The summed E-state index contributed by atoms with van der Waals surface area (Å²) in [6.07, 6.45) is 0.860. The summed E-state index contributed by atoms with van der Waals surface area (Å²) < 4.78 is 27.9. The second kappa shape index (κ2) is 7.21. The normalized spacial score (nSPS) is 12.4. The van der Waals surface area contributed by atoms with Gasteiger partial charge in [-0.25, -0.2) is 8.78 Å². The second-order valence-corrected chi connectivity index (χ2v) is 5.51. The molecule has 0 aliphatic rings. The summed E-state index contributed by atoms with van der Waals surface area (Å²) in [4.78, 5) is 0. The summed E-state index contributed by atoms with van der Waals surface area (Å²) in [7, 11) is 0. The summed E-state index contributed by atoms with van der Waals surface area (Å²) in [5.74, 6) is -1.21. The lowest BCUT2D eigenvalue weighted by atomic mass is 9.97. The lowest BCUT2D eigenvalue weighted by Gasteiger charge is -2.21. The molecule has 1 atom stereocenters. The Kier molecular flexibility index (Phi) is 5.57. The van der Waals surface area contributed by atoms with E-state index in [9.17, 15) is 8.78 Å². The maximum atomic E-state index is 14.2. The van der Waals surface area contributed by atoms with Crippen molar-refractivity contribution in [2.45, 2.75) is 19.4 Å². The third kappa shape index (κ3) is 3.73. The third-order valence-electron chi connectivity index (χ3n) is 3.17. The molecule has 0 amide bonds. The molecule has 0 aromatic heterocycles. The maximum Gasteiger partial charge on any atom is 0.142 e. The van der Waals surface area contributed by atoms with Gasteiger partial charge in [-0.3, -0.25) is 0 Å². The van der Waals surface area contributed by atoms with Gasteiger partial charge in [-0.1, -0.05) is 48.3 Å². The smallest absolute Gasteiger partial charge is 0.142 e. The molecule has 2 aromatic carbocycles. The van der Waals surface area contributed by atoms with Crippen molar-refractivity contribution < 1.29 is 8.78 Å². The van der Waals surface area contributed by atoms with Crippen molar-refractivity contribution in [3.8, 4) is 0 Å². The summed E-state index contributed by atoms with van der Waals surface area (Å²) in [5.41, 5.74) is 0.895. The Balaban J connectivity index is 2.51. The molecular formula is C16H15Cl2F2N. The first kappa shape index (κ1) is 16.2. The van der Waals surface area contributed by atoms with Gasteiger partial charge >= 0.3 is 0 Å². The molecule has 0 saturated heterocycles. The number of halogens is 4. The maximum absolute atomic E-state index is 14.2. The van der Waals surface area contributed by atoms with Crippen LogP contribution in [0.25, 0.3) is 0 Å². The van der Waals surface area contributed by atoms with E-state index in [2.05, 4.69) is 5.32 Å². The van der Waals surface area contributed by atoms with Crippen molar-refractivity contribution in [1.29, 1.82) is 0 Å². The van der Waals surface area contributed by atoms with E-state index in [-0.39, 0.29) is 10.6 Å². The topological polar surface area (TPSA) is 12.0 Å². The van der Waals surface area contributed by atoms with Crippen molar-refractivity contribution in [1.82, 2.24) is 5.32 Å². The van der Waals surface area contributed by atoms with E-state index in [0.29, 0.717) is 17.1 Å². The lowest BCUT2D eigenvalue weighted by Crippen LogP contribution is -2.24. The molecule has 0 aliphatic heterocycles. The van der Waals surface area contributed by atoms with E-state index < -0.39 is 17.7 Å². The number of benzene rings is 2. The molecule has 0 bridgehead atoms. The fourth-order valence-electron chi connectivity index (χ4n) is 2.14. The van der Waals surface area contributed by atoms with Gasteiger partial charge in [-0.2, -0.15) is 0 Å². The first-order chi connectivity index (χ1) is 10.0. The summed E-state index contributed by atoms with van der Waals surface area (Å²) in [6.45, 7) is 2.65. The van der Waals surface area contributed by atoms with Crippen LogP contribution in [0.3, 0.4) is 0 Å². The standard InChI is InChI=1S/C16H15Cl2F2N/c1-2-7-21-16(10-5-3-4-6-12(10)17)11-8-15(20)13(18)9-14(11)19/h3-6,8-9,16,21H,2,7H2,1H3. The summed E-state index contributed by atoms with van der Waals surface area (Å²) in [6, 6.07) is 8.71. The zero-order valence-corrected chi connectivity index (χ0v) is 13.0. The van der Waals surface area contributed by atoms with Gasteiger partial charge in [0.05, 0.1) is 11.1 Å². The molecule has 0 spiro atoms. The van der Waals surface area contributed by atoms with Gasteiger partial charge in [0, 0.05) is 10.6 Å². The lowest BCUT2D eigenvalue weighted by molar-refractivity contribution is 0.535. The van der Waals surface area contributed by atoms with E-state index in [0.717, 1.165) is 18.6 Å². The minimum absolute atomic E-state index is 0.193. The van der Waals surface area contributed by atoms with Crippen molar-refractivity contribution in [2.24, 2.45) is 0 Å². The molecule has 112 valence electrons. The Morgan fingerprint density at radius 3 is 2.38 bits per heavy atom. The predicted molar refractivity (Wildman–Crippen MR) is 83.0 cm³/mol. The average molecular weight is 330 g/mol. The first-order valence-electron chi connectivity index (χ1n) is 6.66. The molecular weight excluding hydrogens is 315 g/mol. The van der Waals surface area contributed by atoms with Crippen LogP contribution < -0.4 is 5.32 Å². The van der Waals surface area contributed by atoms with Crippen molar-refractivity contribution in [3.63, 3.8) is 0 Å². The average Bonchev–Trinajstić information content (AvgIpc) is 2.46. The molecule has 0 aliphatic carbocycles. The quantitative estimate of drug-likeness (QED) is 0.728. The Bertz CT molecular complexity index is 632. The molecule has 21 heavy (non-hydrogen) atoms. The van der Waals surface area contributed by atoms with Crippen LogP contribution in [0.2, 0.25) is 10.0 Å². The van der Waals surface area contributed by atoms with Crippen LogP contribution >= 0.6 is 23.2 Å². The van der Waals surface area contributed by atoms with Gasteiger partial charge in [0.25, 0.3) is 0 Å². The molecule has 1 unspecified atom stereocenters. The van der Waals surface area contributed by atoms with E-state index in [4.69, 9.17) is 23.2 Å². The zero-order valence-electron chi connectivity index (χ0n) is 11.5. The number of nitrogens with one attached hydrogen (secondary N) is 1. The van der Waals surface area contributed by atoms with Crippen LogP contribution in [0.15, 0.2) is 36.4 Å². The van der Waals surface area contributed by atoms with E-state index in [1.165, 1.54) is 0 Å². The van der Waals surface area contributed by atoms with Crippen molar-refractivity contribution >= 4 is 23.2 Å². The minimum atomic E-state index is -0.650. The van der Waals surface area contributed by atoms with Gasteiger partial charge in [-0.15, -0.1) is 0 Å². The van der Waals surface area contributed by atoms with Crippen molar-refractivity contribution in [3.05, 3.63) is 69.2 Å². The van der Waals surface area contributed by atoms with Gasteiger partial charge in [-0.05, 0) is 36.7 Å². The van der Waals surface area contributed by atoms with Gasteiger partial charge in [0.2, 0.25) is 0 Å². The first-order valence-corrected chi connectivity index (χ1v) is 7.42. The summed E-state index contributed by atoms with van der Waals surface area (Å²) >= 11 is 11.8. The predicted octanol–water partition coefficient (Wildman–Crippen LogP) is 5.36. The fraction of sp³-hybridized carbons (Fsp3) is 0.250. The van der Waals surface area contributed by atoms with Crippen molar-refractivity contribution in [2.75, 3.05) is 6.54 Å². The highest BCUT2D eigenvalue weighted by molar-refractivity contribution is 6.31. The molecule has 2 aromatic rings. The number of hydrogen-bond donors (Lipinski definition) is 1. The summed E-state index contributed by atoms with van der Waals surface area (Å²) in [5, 5.41) is 3.47. The Hall–Kier alpha value is -1.16. The van der Waals surface area contributed by atoms with Gasteiger partial charge in [0.1, 0.15) is 11.6 Å². The van der Waals surface area contributed by atoms with Crippen LogP contribution in [-0.4, -0.2) is 6.54 Å². The Morgan fingerprint density at radius 2 is 1.71 bits per heavy atom. The van der Waals surface area contributed by atoms with Crippen LogP contribution in [0, 0.1) is 11.6 Å². The molecule has 2 rings (SSSR count). The van der Waals surface area contributed by atoms with Gasteiger partial charge < -0.3 is 5.32 Å². The highest BCUT2D eigenvalue weighted by atomic mass is 35.5. The monoisotopic (exact) mass is 329 g/mol. The molecule has 0 saturated carbocycles. The Labute approximate surface area is 132 Å². The molecule has 0 radical (unpaired) electrons. The SMILES string of the molecule is CCCNC(c1cc(F)c(Cl)cc1F)c1ccccc1Cl. The van der Waals surface area contributed by atoms with E-state index in [1.807, 2.05) is 13.0 Å². The van der Waals surface area contributed by atoms with Crippen LogP contribution in [0.4, 0.5) is 8.78 Å². The highest BCUT2D eigenvalue weighted by Gasteiger charge is 2.21. The molecule has 0 heterocycles. The van der Waals surface area contributed by atoms with Crippen LogP contribution in [-0.2, 0) is 0 Å². The molecule has 0 fully saturated rings. The largest absolute Gasteiger partial charge is 0.306 e. The third-order valence-corrected chi connectivity index (χ3v) is 3.80. The Morgan fingerprint density at radius 1 is 1.00 bits per heavy atom. The van der Waals surface area contributed by atoms with Crippen LogP contribution in [0.5, 0.6) is 0 Å². The molecule has 1 N–H and O–H groups in total. The fourth-order valence-corrected chi connectivity index (χ4v) is 2.54. The van der Waals surface area contributed by atoms with E-state index in [1.54, 1.807) is 18.2 Å². The van der Waals surface area contributed by atoms with Crippen LogP contribution in [0.1, 0.15) is 30.5 Å². The second-order valence-electron chi connectivity index (χ2n) is 4.70. The van der Waals surface area contributed by atoms with Gasteiger partial charge in [0.15, 0.2) is 0 Å². The number of hydrogen-bond acceptors (Lipinski definition) is 1. The molecule has 1 nitrogen and oxygen atoms in total. The highest BCUT2D eigenvalue weighted by Crippen LogP contribution is 2.31. The zero-order chi connectivity index (χ0) is 15.4. The molecule has 5 heteroatoms. The minimum Gasteiger partial charge on any atom is -0.306 e. The number of rotatable bonds is 5.